The van der Waals surface area contributed by atoms with Crippen LogP contribution < -0.4 is 4.74 Å². The molecule has 1 aromatic carbocycles. The van der Waals surface area contributed by atoms with Crippen molar-refractivity contribution in [2.45, 2.75) is 25.8 Å². The molecule has 0 aliphatic heterocycles. The first kappa shape index (κ1) is 12.9. The fraction of sp³-hybridized carbons (Fsp3) is 0.364. The molecule has 1 atom stereocenters. The van der Waals surface area contributed by atoms with E-state index in [1.807, 2.05) is 0 Å². The van der Waals surface area contributed by atoms with Crippen molar-refractivity contribution in [2.75, 3.05) is 0 Å². The van der Waals surface area contributed by atoms with E-state index in [0.29, 0.717) is 5.56 Å². The maximum atomic E-state index is 12.2. The van der Waals surface area contributed by atoms with Crippen LogP contribution in [0.25, 0.3) is 0 Å². The predicted molar refractivity (Wildman–Crippen MR) is 57.5 cm³/mol. The number of hydrogen-bond acceptors (Lipinski definition) is 2. The van der Waals surface area contributed by atoms with Crippen molar-refractivity contribution < 1.29 is 18.3 Å². The molecule has 0 N–H and O–H groups in total. The topological polar surface area (TPSA) is 26.3 Å². The first-order chi connectivity index (χ1) is 7.43. The summed E-state index contributed by atoms with van der Waals surface area (Å²) >= 11 is 5.63. The molecule has 88 valence electrons. The van der Waals surface area contributed by atoms with E-state index in [1.165, 1.54) is 13.0 Å². The van der Waals surface area contributed by atoms with E-state index in [4.69, 9.17) is 11.6 Å². The monoisotopic (exact) mass is 248 g/mol. The molecule has 0 saturated heterocycles. The second kappa shape index (κ2) is 5.25. The van der Waals surface area contributed by atoms with Crippen molar-refractivity contribution in [2.24, 2.45) is 0 Å². The van der Waals surface area contributed by atoms with Gasteiger partial charge < -0.3 is 4.74 Å². The van der Waals surface area contributed by atoms with Crippen LogP contribution in [0.2, 0.25) is 0 Å². The van der Waals surface area contributed by atoms with Gasteiger partial charge in [-0.3, -0.25) is 4.79 Å². The summed E-state index contributed by atoms with van der Waals surface area (Å²) in [6.07, 6.45) is 0. The van der Waals surface area contributed by atoms with Crippen molar-refractivity contribution >= 4 is 17.4 Å². The van der Waals surface area contributed by atoms with E-state index in [1.54, 1.807) is 19.1 Å². The number of aryl methyl sites for hydroxylation is 1. The van der Waals surface area contributed by atoms with E-state index in [0.717, 1.165) is 0 Å². The summed E-state index contributed by atoms with van der Waals surface area (Å²) in [5, 5.41) is -0.776. The Morgan fingerprint density at radius 3 is 2.56 bits per heavy atom. The van der Waals surface area contributed by atoms with Gasteiger partial charge in [0.2, 0.25) is 0 Å². The number of hydrogen-bond donors (Lipinski definition) is 0. The van der Waals surface area contributed by atoms with E-state index >= 15 is 0 Å². The Kier molecular flexibility index (Phi) is 4.24. The Bertz CT molecular complexity index is 392. The molecule has 0 fully saturated rings. The second-order valence-electron chi connectivity index (χ2n) is 3.31. The number of ketones is 1. The van der Waals surface area contributed by atoms with Gasteiger partial charge in [0.25, 0.3) is 0 Å². The third-order valence-electron chi connectivity index (χ3n) is 2.05. The average Bonchev–Trinajstić information content (AvgIpc) is 2.19. The lowest BCUT2D eigenvalue weighted by atomic mass is 10.0. The molecule has 2 nitrogen and oxygen atoms in total. The molecule has 0 amide bonds. The Labute approximate surface area is 97.2 Å². The molecule has 0 radical (unpaired) electrons. The second-order valence-corrected chi connectivity index (χ2v) is 3.97. The lowest BCUT2D eigenvalue weighted by Gasteiger charge is -2.13. The summed E-state index contributed by atoms with van der Waals surface area (Å²) in [6, 6.07) is 4.61. The van der Waals surface area contributed by atoms with Crippen LogP contribution in [-0.2, 0) is 0 Å². The largest absolute Gasteiger partial charge is 0.434 e. The molecular formula is C11H11ClF2O2. The minimum atomic E-state index is -2.96. The highest BCUT2D eigenvalue weighted by molar-refractivity contribution is 6.34. The molecule has 5 heteroatoms. The molecule has 0 saturated carbocycles. The number of alkyl halides is 3. The SMILES string of the molecule is Cc1cccc(C(=O)C(C)Cl)c1OC(F)F. The molecule has 16 heavy (non-hydrogen) atoms. The number of halogens is 3. The zero-order chi connectivity index (χ0) is 12.3. The molecule has 0 heterocycles. The van der Waals surface area contributed by atoms with Gasteiger partial charge in [-0.2, -0.15) is 8.78 Å². The highest BCUT2D eigenvalue weighted by atomic mass is 35.5. The lowest BCUT2D eigenvalue weighted by molar-refractivity contribution is -0.0505. The number of carbonyl (C=O) groups excluding carboxylic acids is 1. The Morgan fingerprint density at radius 1 is 1.44 bits per heavy atom. The smallest absolute Gasteiger partial charge is 0.387 e. The highest BCUT2D eigenvalue weighted by Gasteiger charge is 2.20. The van der Waals surface area contributed by atoms with E-state index in [-0.39, 0.29) is 11.3 Å². The molecule has 1 aromatic rings. The number of para-hydroxylation sites is 1. The van der Waals surface area contributed by atoms with E-state index in [9.17, 15) is 13.6 Å². The zero-order valence-corrected chi connectivity index (χ0v) is 9.59. The van der Waals surface area contributed by atoms with Crippen molar-refractivity contribution in [3.05, 3.63) is 29.3 Å². The van der Waals surface area contributed by atoms with Gasteiger partial charge in [-0.15, -0.1) is 11.6 Å². The molecule has 0 spiro atoms. The molecule has 0 bridgehead atoms. The Morgan fingerprint density at radius 2 is 2.06 bits per heavy atom. The molecule has 1 unspecified atom stereocenters. The van der Waals surface area contributed by atoms with Crippen molar-refractivity contribution in [3.63, 3.8) is 0 Å². The summed E-state index contributed by atoms with van der Waals surface area (Å²) in [6.45, 7) is 0.115. The van der Waals surface area contributed by atoms with Gasteiger partial charge in [0, 0.05) is 0 Å². The third kappa shape index (κ3) is 2.92. The van der Waals surface area contributed by atoms with Gasteiger partial charge in [-0.25, -0.2) is 0 Å². The number of carbonyl (C=O) groups is 1. The van der Waals surface area contributed by atoms with Crippen LogP contribution in [0.1, 0.15) is 22.8 Å². The minimum absolute atomic E-state index is 0.0859. The van der Waals surface area contributed by atoms with Gasteiger partial charge in [-0.1, -0.05) is 12.1 Å². The Hall–Kier alpha value is -1.16. The van der Waals surface area contributed by atoms with Crippen LogP contribution in [0.15, 0.2) is 18.2 Å². The standard InChI is InChI=1S/C11H11ClF2O2/c1-6-4-3-5-8(9(15)7(2)12)10(6)16-11(13)14/h3-5,7,11H,1-2H3. The van der Waals surface area contributed by atoms with E-state index < -0.39 is 17.8 Å². The quantitative estimate of drug-likeness (QED) is 0.603. The fourth-order valence-corrected chi connectivity index (χ4v) is 1.42. The summed E-state index contributed by atoms with van der Waals surface area (Å²) in [5.74, 6) is -0.531. The maximum Gasteiger partial charge on any atom is 0.387 e. The van der Waals surface area contributed by atoms with Crippen LogP contribution in [-0.4, -0.2) is 17.8 Å². The first-order valence-corrected chi connectivity index (χ1v) is 5.10. The van der Waals surface area contributed by atoms with Gasteiger partial charge in [0.1, 0.15) is 5.75 Å². The molecule has 0 aromatic heterocycles. The van der Waals surface area contributed by atoms with Crippen molar-refractivity contribution in [1.82, 2.24) is 0 Å². The molecule has 0 aliphatic rings. The van der Waals surface area contributed by atoms with Crippen LogP contribution >= 0.6 is 11.6 Å². The number of benzene rings is 1. The van der Waals surface area contributed by atoms with Crippen LogP contribution in [0.4, 0.5) is 8.78 Å². The maximum absolute atomic E-state index is 12.2. The molecular weight excluding hydrogens is 238 g/mol. The zero-order valence-electron chi connectivity index (χ0n) is 8.84. The number of Topliss-reactive ketones (excluding diaryl/α,β-unsaturated/α-hetero) is 1. The number of ether oxygens (including phenoxy) is 1. The van der Waals surface area contributed by atoms with Gasteiger partial charge in [-0.05, 0) is 25.5 Å². The van der Waals surface area contributed by atoms with E-state index in [2.05, 4.69) is 4.74 Å². The van der Waals surface area contributed by atoms with Gasteiger partial charge >= 0.3 is 6.61 Å². The molecule has 1 rings (SSSR count). The predicted octanol–water partition coefficient (Wildman–Crippen LogP) is 3.41. The summed E-state index contributed by atoms with van der Waals surface area (Å²) < 4.78 is 28.7. The van der Waals surface area contributed by atoms with Crippen LogP contribution in [0.3, 0.4) is 0 Å². The highest BCUT2D eigenvalue weighted by Crippen LogP contribution is 2.27. The minimum Gasteiger partial charge on any atom is -0.434 e. The normalized spacial score (nSPS) is 12.6. The summed E-state index contributed by atoms with van der Waals surface area (Å²) in [4.78, 5) is 11.6. The van der Waals surface area contributed by atoms with Crippen LogP contribution in [0, 0.1) is 6.92 Å². The first-order valence-electron chi connectivity index (χ1n) is 4.66. The molecule has 0 aliphatic carbocycles. The third-order valence-corrected chi connectivity index (χ3v) is 2.24. The number of rotatable bonds is 4. The van der Waals surface area contributed by atoms with Crippen molar-refractivity contribution in [3.8, 4) is 5.75 Å². The van der Waals surface area contributed by atoms with Gasteiger partial charge in [0.05, 0.1) is 10.9 Å². The fourth-order valence-electron chi connectivity index (χ4n) is 1.31. The van der Waals surface area contributed by atoms with Crippen LogP contribution in [0.5, 0.6) is 5.75 Å². The van der Waals surface area contributed by atoms with Crippen molar-refractivity contribution in [1.29, 1.82) is 0 Å². The Balaban J connectivity index is 3.17. The lowest BCUT2D eigenvalue weighted by Crippen LogP contribution is -2.14. The van der Waals surface area contributed by atoms with Gasteiger partial charge in [0.15, 0.2) is 5.78 Å². The average molecular weight is 249 g/mol. The summed E-state index contributed by atoms with van der Waals surface area (Å²) in [5.41, 5.74) is 0.561. The summed E-state index contributed by atoms with van der Waals surface area (Å²) in [7, 11) is 0.